The summed E-state index contributed by atoms with van der Waals surface area (Å²) < 4.78 is 1.93. The van der Waals surface area contributed by atoms with Crippen LogP contribution in [0.25, 0.3) is 0 Å². The zero-order valence-corrected chi connectivity index (χ0v) is 15.5. The highest BCUT2D eigenvalue weighted by Gasteiger charge is 2.22. The van der Waals surface area contributed by atoms with Gasteiger partial charge in [-0.1, -0.05) is 26.7 Å². The lowest BCUT2D eigenvalue weighted by Gasteiger charge is -2.34. The van der Waals surface area contributed by atoms with E-state index in [1.165, 1.54) is 38.8 Å². The first-order chi connectivity index (χ1) is 11.7. The van der Waals surface area contributed by atoms with Crippen LogP contribution < -0.4 is 10.6 Å². The first kappa shape index (κ1) is 18.8. The van der Waals surface area contributed by atoms with Gasteiger partial charge in [-0.25, -0.2) is 0 Å². The summed E-state index contributed by atoms with van der Waals surface area (Å²) >= 11 is 0. The molecular formula is C18H34N6. The van der Waals surface area contributed by atoms with Crippen LogP contribution in [-0.2, 0) is 6.54 Å². The number of nitrogens with zero attached hydrogens (tertiary/aromatic N) is 4. The first-order valence-corrected chi connectivity index (χ1v) is 9.36. The van der Waals surface area contributed by atoms with Crippen molar-refractivity contribution in [1.29, 1.82) is 0 Å². The normalized spacial score (nSPS) is 18.4. The van der Waals surface area contributed by atoms with E-state index < -0.39 is 0 Å². The Hall–Kier alpha value is -1.56. The topological polar surface area (TPSA) is 57.5 Å². The Kier molecular flexibility index (Phi) is 8.08. The highest BCUT2D eigenvalue weighted by atomic mass is 15.3. The number of hydrogen-bond acceptors (Lipinski definition) is 3. The van der Waals surface area contributed by atoms with E-state index in [4.69, 9.17) is 0 Å². The number of nitrogens with one attached hydrogen (secondary N) is 2. The van der Waals surface area contributed by atoms with E-state index in [1.54, 1.807) is 0 Å². The molecule has 1 aliphatic heterocycles. The van der Waals surface area contributed by atoms with Gasteiger partial charge >= 0.3 is 0 Å². The number of hydrogen-bond donors (Lipinski definition) is 2. The third-order valence-electron chi connectivity index (χ3n) is 4.77. The Morgan fingerprint density at radius 2 is 1.92 bits per heavy atom. The Balaban J connectivity index is 1.77. The van der Waals surface area contributed by atoms with Crippen LogP contribution >= 0.6 is 0 Å². The fraction of sp³-hybridized carbons (Fsp3) is 0.778. The van der Waals surface area contributed by atoms with Crippen molar-refractivity contribution in [2.45, 2.75) is 52.1 Å². The summed E-state index contributed by atoms with van der Waals surface area (Å²) in [5.74, 6) is 1.51. The van der Waals surface area contributed by atoms with Crippen LogP contribution in [0, 0.1) is 5.92 Å². The largest absolute Gasteiger partial charge is 0.355 e. The van der Waals surface area contributed by atoms with Gasteiger partial charge in [0.15, 0.2) is 5.96 Å². The molecule has 6 nitrogen and oxygen atoms in total. The number of likely N-dealkylation sites (tertiary alicyclic amines) is 1. The van der Waals surface area contributed by atoms with Crippen molar-refractivity contribution in [3.05, 3.63) is 18.5 Å². The van der Waals surface area contributed by atoms with Crippen LogP contribution in [0.1, 0.15) is 39.5 Å². The molecule has 0 radical (unpaired) electrons. The van der Waals surface area contributed by atoms with Crippen LogP contribution in [0.2, 0.25) is 0 Å². The Morgan fingerprint density at radius 3 is 2.50 bits per heavy atom. The number of aromatic nitrogens is 2. The third kappa shape index (κ3) is 6.15. The van der Waals surface area contributed by atoms with Crippen molar-refractivity contribution in [2.24, 2.45) is 10.9 Å². The lowest BCUT2D eigenvalue weighted by Crippen LogP contribution is -2.50. The predicted molar refractivity (Wildman–Crippen MR) is 100 cm³/mol. The Morgan fingerprint density at radius 1 is 1.17 bits per heavy atom. The SMILES string of the molecule is CN=C(NCCn1cccn1)NCC(C(C)C)N1CCCCCC1. The number of rotatable bonds is 7. The molecule has 2 heterocycles. The second-order valence-corrected chi connectivity index (χ2v) is 6.91. The van der Waals surface area contributed by atoms with Crippen LogP contribution in [-0.4, -0.2) is 59.9 Å². The Labute approximate surface area is 146 Å². The maximum absolute atomic E-state index is 4.35. The van der Waals surface area contributed by atoms with E-state index >= 15 is 0 Å². The van der Waals surface area contributed by atoms with E-state index in [9.17, 15) is 0 Å². The smallest absolute Gasteiger partial charge is 0.191 e. The molecule has 1 aromatic rings. The molecule has 0 aliphatic carbocycles. The highest BCUT2D eigenvalue weighted by molar-refractivity contribution is 5.79. The molecule has 24 heavy (non-hydrogen) atoms. The standard InChI is InChI=1S/C18H34N6/c1-16(2)17(23-11-6-4-5-7-12-23)15-21-18(19-3)20-10-14-24-13-8-9-22-24/h8-9,13,16-17H,4-7,10-12,14-15H2,1-3H3,(H2,19,20,21). The maximum atomic E-state index is 4.35. The molecule has 0 saturated carbocycles. The van der Waals surface area contributed by atoms with Gasteiger partial charge in [-0.15, -0.1) is 0 Å². The molecule has 1 saturated heterocycles. The maximum Gasteiger partial charge on any atom is 0.191 e. The van der Waals surface area contributed by atoms with Gasteiger partial charge < -0.3 is 10.6 Å². The van der Waals surface area contributed by atoms with Crippen LogP contribution in [0.5, 0.6) is 0 Å². The van der Waals surface area contributed by atoms with Gasteiger partial charge in [0.2, 0.25) is 0 Å². The number of aliphatic imine (C=N–C) groups is 1. The van der Waals surface area contributed by atoms with Crippen molar-refractivity contribution >= 4 is 5.96 Å². The first-order valence-electron chi connectivity index (χ1n) is 9.36. The van der Waals surface area contributed by atoms with Crippen LogP contribution in [0.4, 0.5) is 0 Å². The predicted octanol–water partition coefficient (Wildman–Crippen LogP) is 1.95. The summed E-state index contributed by atoms with van der Waals surface area (Å²) in [4.78, 5) is 7.02. The summed E-state index contributed by atoms with van der Waals surface area (Å²) in [5, 5.41) is 11.1. The summed E-state index contributed by atoms with van der Waals surface area (Å²) in [7, 11) is 1.83. The summed E-state index contributed by atoms with van der Waals surface area (Å²) in [6.45, 7) is 9.71. The molecule has 1 aliphatic rings. The second-order valence-electron chi connectivity index (χ2n) is 6.91. The molecule has 2 rings (SSSR count). The number of guanidine groups is 1. The fourth-order valence-corrected chi connectivity index (χ4v) is 3.36. The van der Waals surface area contributed by atoms with E-state index in [-0.39, 0.29) is 0 Å². The molecule has 0 aromatic carbocycles. The molecule has 1 fully saturated rings. The lowest BCUT2D eigenvalue weighted by molar-refractivity contribution is 0.161. The Bertz CT molecular complexity index is 460. The van der Waals surface area contributed by atoms with Crippen molar-refractivity contribution in [1.82, 2.24) is 25.3 Å². The summed E-state index contributed by atoms with van der Waals surface area (Å²) in [5.41, 5.74) is 0. The molecule has 136 valence electrons. The minimum Gasteiger partial charge on any atom is -0.355 e. The minimum atomic E-state index is 0.563. The van der Waals surface area contributed by atoms with E-state index in [0.29, 0.717) is 12.0 Å². The summed E-state index contributed by atoms with van der Waals surface area (Å²) in [6, 6.07) is 2.51. The molecular weight excluding hydrogens is 300 g/mol. The van der Waals surface area contributed by atoms with Gasteiger partial charge in [-0.3, -0.25) is 14.6 Å². The average molecular weight is 335 g/mol. The van der Waals surface area contributed by atoms with Crippen LogP contribution in [0.3, 0.4) is 0 Å². The van der Waals surface area contributed by atoms with Gasteiger partial charge in [0.25, 0.3) is 0 Å². The van der Waals surface area contributed by atoms with Gasteiger partial charge in [-0.05, 0) is 37.9 Å². The average Bonchev–Trinajstić information content (AvgIpc) is 2.94. The fourth-order valence-electron chi connectivity index (χ4n) is 3.36. The molecule has 1 aromatic heterocycles. The van der Waals surface area contributed by atoms with E-state index in [0.717, 1.165) is 25.6 Å². The van der Waals surface area contributed by atoms with Gasteiger partial charge in [0, 0.05) is 38.6 Å². The molecule has 0 bridgehead atoms. The molecule has 0 spiro atoms. The molecule has 1 unspecified atom stereocenters. The summed E-state index contributed by atoms with van der Waals surface area (Å²) in [6.07, 6.45) is 9.21. The minimum absolute atomic E-state index is 0.563. The quantitative estimate of drug-likeness (QED) is 0.591. The van der Waals surface area contributed by atoms with E-state index in [2.05, 4.69) is 39.5 Å². The van der Waals surface area contributed by atoms with Gasteiger partial charge in [-0.2, -0.15) is 5.10 Å². The van der Waals surface area contributed by atoms with Crippen molar-refractivity contribution in [3.63, 3.8) is 0 Å². The monoisotopic (exact) mass is 334 g/mol. The zero-order chi connectivity index (χ0) is 17.2. The van der Waals surface area contributed by atoms with Crippen LogP contribution in [0.15, 0.2) is 23.5 Å². The van der Waals surface area contributed by atoms with Crippen molar-refractivity contribution in [3.8, 4) is 0 Å². The highest BCUT2D eigenvalue weighted by Crippen LogP contribution is 2.16. The molecule has 6 heteroatoms. The van der Waals surface area contributed by atoms with Gasteiger partial charge in [0.1, 0.15) is 0 Å². The van der Waals surface area contributed by atoms with E-state index in [1.807, 2.05) is 30.2 Å². The molecule has 2 N–H and O–H groups in total. The second kappa shape index (κ2) is 10.3. The van der Waals surface area contributed by atoms with Crippen molar-refractivity contribution in [2.75, 3.05) is 33.2 Å². The zero-order valence-electron chi connectivity index (χ0n) is 15.5. The lowest BCUT2D eigenvalue weighted by atomic mass is 10.0. The molecule has 1 atom stereocenters. The molecule has 0 amide bonds. The van der Waals surface area contributed by atoms with Crippen molar-refractivity contribution < 1.29 is 0 Å². The van der Waals surface area contributed by atoms with Gasteiger partial charge in [0.05, 0.1) is 6.54 Å². The third-order valence-corrected chi connectivity index (χ3v) is 4.77.